The minimum Gasteiger partial charge on any atom is -0.444 e. The molecule has 124 valence electrons. The second kappa shape index (κ2) is 8.73. The molecule has 1 rings (SSSR count). The molecule has 6 heteroatoms. The molecule has 0 radical (unpaired) electrons. The monoisotopic (exact) mass is 318 g/mol. The SMILES string of the molecule is CS(=O)CCCNC1CCC(NC(=O)OC(C)(C)C)CC1. The number of carbonyl (C=O) groups is 1. The molecule has 0 aromatic carbocycles. The number of nitrogens with one attached hydrogen (secondary N) is 2. The minimum atomic E-state index is -0.694. The Bertz CT molecular complexity index is 347. The van der Waals surface area contributed by atoms with E-state index < -0.39 is 16.4 Å². The molecule has 0 heterocycles. The number of rotatable bonds is 6. The molecule has 0 aromatic heterocycles. The van der Waals surface area contributed by atoms with Crippen LogP contribution in [-0.2, 0) is 15.5 Å². The summed E-state index contributed by atoms with van der Waals surface area (Å²) in [6, 6.07) is 0.744. The van der Waals surface area contributed by atoms with Crippen LogP contribution in [0, 0.1) is 0 Å². The van der Waals surface area contributed by atoms with Crippen LogP contribution < -0.4 is 10.6 Å². The second-order valence-electron chi connectivity index (χ2n) is 6.78. The molecule has 21 heavy (non-hydrogen) atoms. The summed E-state index contributed by atoms with van der Waals surface area (Å²) in [7, 11) is -0.694. The van der Waals surface area contributed by atoms with Crippen LogP contribution in [0.4, 0.5) is 4.79 Å². The summed E-state index contributed by atoms with van der Waals surface area (Å²) < 4.78 is 16.2. The van der Waals surface area contributed by atoms with Crippen molar-refractivity contribution < 1.29 is 13.7 Å². The van der Waals surface area contributed by atoms with Crippen molar-refractivity contribution >= 4 is 16.9 Å². The van der Waals surface area contributed by atoms with E-state index in [0.29, 0.717) is 6.04 Å². The summed E-state index contributed by atoms with van der Waals surface area (Å²) in [6.07, 6.45) is 6.48. The first-order valence-corrected chi connectivity index (χ1v) is 9.52. The molecule has 1 unspecified atom stereocenters. The fourth-order valence-electron chi connectivity index (χ4n) is 2.50. The predicted molar refractivity (Wildman–Crippen MR) is 87.0 cm³/mol. The average molecular weight is 318 g/mol. The number of carbonyl (C=O) groups excluding carboxylic acids is 1. The maximum atomic E-state index is 11.7. The molecule has 1 aliphatic carbocycles. The van der Waals surface area contributed by atoms with Gasteiger partial charge >= 0.3 is 6.09 Å². The Morgan fingerprint density at radius 2 is 1.76 bits per heavy atom. The summed E-state index contributed by atoms with van der Waals surface area (Å²) in [4.78, 5) is 11.7. The molecule has 5 nitrogen and oxygen atoms in total. The van der Waals surface area contributed by atoms with Gasteiger partial charge < -0.3 is 15.4 Å². The molecule has 2 N–H and O–H groups in total. The number of alkyl carbamates (subject to hydrolysis) is 1. The maximum Gasteiger partial charge on any atom is 0.407 e. The smallest absolute Gasteiger partial charge is 0.407 e. The third-order valence-electron chi connectivity index (χ3n) is 3.49. The zero-order valence-electron chi connectivity index (χ0n) is 13.7. The van der Waals surface area contributed by atoms with Crippen molar-refractivity contribution in [1.29, 1.82) is 0 Å². The summed E-state index contributed by atoms with van der Waals surface area (Å²) in [5.41, 5.74) is -0.442. The van der Waals surface area contributed by atoms with Gasteiger partial charge in [0.15, 0.2) is 0 Å². The van der Waals surface area contributed by atoms with Gasteiger partial charge in [-0.2, -0.15) is 0 Å². The van der Waals surface area contributed by atoms with Gasteiger partial charge in [-0.3, -0.25) is 4.21 Å². The molecular formula is C15H30N2O3S. The van der Waals surface area contributed by atoms with E-state index in [-0.39, 0.29) is 12.1 Å². The zero-order chi connectivity index (χ0) is 15.9. The van der Waals surface area contributed by atoms with Crippen molar-refractivity contribution in [3.8, 4) is 0 Å². The van der Waals surface area contributed by atoms with E-state index >= 15 is 0 Å². The Labute approximate surface area is 131 Å². The van der Waals surface area contributed by atoms with Gasteiger partial charge in [-0.15, -0.1) is 0 Å². The molecule has 0 spiro atoms. The Morgan fingerprint density at radius 1 is 1.19 bits per heavy atom. The number of hydrogen-bond acceptors (Lipinski definition) is 4. The average Bonchev–Trinajstić information content (AvgIpc) is 2.34. The highest BCUT2D eigenvalue weighted by Crippen LogP contribution is 2.19. The Balaban J connectivity index is 2.14. The maximum absolute atomic E-state index is 11.7. The van der Waals surface area contributed by atoms with Gasteiger partial charge in [0, 0.05) is 34.9 Å². The summed E-state index contributed by atoms with van der Waals surface area (Å²) >= 11 is 0. The molecule has 1 amide bonds. The summed E-state index contributed by atoms with van der Waals surface area (Å²) in [5, 5.41) is 6.46. The molecule has 1 atom stereocenters. The normalized spacial score (nSPS) is 24.4. The summed E-state index contributed by atoms with van der Waals surface area (Å²) in [5.74, 6) is 0.766. The highest BCUT2D eigenvalue weighted by atomic mass is 32.2. The molecule has 0 aromatic rings. The molecular weight excluding hydrogens is 288 g/mol. The minimum absolute atomic E-state index is 0.223. The van der Waals surface area contributed by atoms with Crippen LogP contribution in [0.3, 0.4) is 0 Å². The predicted octanol–water partition coefficient (Wildman–Crippen LogP) is 2.18. The van der Waals surface area contributed by atoms with Gasteiger partial charge in [-0.05, 0) is 59.4 Å². The number of amides is 1. The van der Waals surface area contributed by atoms with Crippen LogP contribution in [0.25, 0.3) is 0 Å². The van der Waals surface area contributed by atoms with E-state index in [4.69, 9.17) is 4.74 Å². The first-order chi connectivity index (χ1) is 9.76. The number of ether oxygens (including phenoxy) is 1. The van der Waals surface area contributed by atoms with Crippen molar-refractivity contribution in [3.63, 3.8) is 0 Å². The van der Waals surface area contributed by atoms with Crippen LogP contribution in [-0.4, -0.2) is 46.5 Å². The number of hydrogen-bond donors (Lipinski definition) is 2. The third kappa shape index (κ3) is 9.09. The zero-order valence-corrected chi connectivity index (χ0v) is 14.6. The van der Waals surface area contributed by atoms with E-state index in [1.807, 2.05) is 20.8 Å². The van der Waals surface area contributed by atoms with E-state index in [0.717, 1.165) is 44.4 Å². The van der Waals surface area contributed by atoms with Crippen molar-refractivity contribution in [2.45, 2.75) is 70.6 Å². The van der Waals surface area contributed by atoms with Crippen molar-refractivity contribution in [1.82, 2.24) is 10.6 Å². The van der Waals surface area contributed by atoms with Gasteiger partial charge in [0.25, 0.3) is 0 Å². The van der Waals surface area contributed by atoms with Gasteiger partial charge in [0.1, 0.15) is 5.60 Å². The van der Waals surface area contributed by atoms with Gasteiger partial charge in [0.2, 0.25) is 0 Å². The topological polar surface area (TPSA) is 67.4 Å². The lowest BCUT2D eigenvalue weighted by Crippen LogP contribution is -2.44. The highest BCUT2D eigenvalue weighted by molar-refractivity contribution is 7.84. The first kappa shape index (κ1) is 18.4. The van der Waals surface area contributed by atoms with Crippen LogP contribution in [0.1, 0.15) is 52.9 Å². The largest absolute Gasteiger partial charge is 0.444 e. The molecule has 0 saturated heterocycles. The van der Waals surface area contributed by atoms with Gasteiger partial charge in [-0.25, -0.2) is 4.79 Å². The lowest BCUT2D eigenvalue weighted by Gasteiger charge is -2.30. The third-order valence-corrected chi connectivity index (χ3v) is 4.35. The van der Waals surface area contributed by atoms with E-state index in [1.54, 1.807) is 6.26 Å². The van der Waals surface area contributed by atoms with E-state index in [9.17, 15) is 9.00 Å². The Morgan fingerprint density at radius 3 is 2.29 bits per heavy atom. The quantitative estimate of drug-likeness (QED) is 0.737. The van der Waals surface area contributed by atoms with E-state index in [1.165, 1.54) is 0 Å². The fourth-order valence-corrected chi connectivity index (χ4v) is 3.05. The standard InChI is InChI=1S/C15H30N2O3S/c1-15(2,3)20-14(18)17-13-8-6-12(7-9-13)16-10-5-11-21(4)19/h12-13,16H,5-11H2,1-4H3,(H,17,18). The molecule has 1 aliphatic rings. The van der Waals surface area contributed by atoms with Crippen LogP contribution in [0.2, 0.25) is 0 Å². The molecule has 1 saturated carbocycles. The lowest BCUT2D eigenvalue weighted by atomic mass is 9.91. The van der Waals surface area contributed by atoms with Crippen LogP contribution in [0.5, 0.6) is 0 Å². The Kier molecular flexibility index (Phi) is 7.66. The van der Waals surface area contributed by atoms with Gasteiger partial charge in [-0.1, -0.05) is 0 Å². The van der Waals surface area contributed by atoms with Crippen LogP contribution >= 0.6 is 0 Å². The lowest BCUT2D eigenvalue weighted by molar-refractivity contribution is 0.0490. The highest BCUT2D eigenvalue weighted by Gasteiger charge is 2.24. The van der Waals surface area contributed by atoms with Gasteiger partial charge in [0.05, 0.1) is 0 Å². The van der Waals surface area contributed by atoms with Crippen molar-refractivity contribution in [3.05, 3.63) is 0 Å². The first-order valence-electron chi connectivity index (χ1n) is 7.79. The molecule has 0 aliphatic heterocycles. The van der Waals surface area contributed by atoms with Crippen molar-refractivity contribution in [2.75, 3.05) is 18.6 Å². The van der Waals surface area contributed by atoms with Crippen molar-refractivity contribution in [2.24, 2.45) is 0 Å². The second-order valence-corrected chi connectivity index (χ2v) is 8.33. The summed E-state index contributed by atoms with van der Waals surface area (Å²) in [6.45, 7) is 6.54. The molecule has 1 fully saturated rings. The molecule has 0 bridgehead atoms. The Hall–Kier alpha value is -0.620. The van der Waals surface area contributed by atoms with Crippen LogP contribution in [0.15, 0.2) is 0 Å². The van der Waals surface area contributed by atoms with E-state index in [2.05, 4.69) is 10.6 Å². The fraction of sp³-hybridized carbons (Fsp3) is 0.933.